The maximum atomic E-state index is 12.3. The fraction of sp³-hybridized carbons (Fsp3) is 0.429. The van der Waals surface area contributed by atoms with Crippen molar-refractivity contribution in [3.05, 3.63) is 53.8 Å². The van der Waals surface area contributed by atoms with E-state index in [0.29, 0.717) is 18.7 Å². The van der Waals surface area contributed by atoms with Crippen molar-refractivity contribution in [1.29, 1.82) is 0 Å². The van der Waals surface area contributed by atoms with Gasteiger partial charge in [0.2, 0.25) is 6.41 Å². The molecule has 0 fully saturated rings. The van der Waals surface area contributed by atoms with Gasteiger partial charge in [0.05, 0.1) is 19.2 Å². The van der Waals surface area contributed by atoms with E-state index in [1.54, 1.807) is 24.2 Å². The molecule has 1 heterocycles. The summed E-state index contributed by atoms with van der Waals surface area (Å²) in [6, 6.07) is 5.41. The highest BCUT2D eigenvalue weighted by Gasteiger charge is 2.24. The van der Waals surface area contributed by atoms with Crippen LogP contribution in [0.25, 0.3) is 0 Å². The molecule has 1 aliphatic rings. The molecule has 2 amide bonds. The van der Waals surface area contributed by atoms with Crippen LogP contribution in [0.4, 0.5) is 5.69 Å². The Morgan fingerprint density at radius 3 is 2.89 bits per heavy atom. The lowest BCUT2D eigenvalue weighted by Crippen LogP contribution is -2.27. The van der Waals surface area contributed by atoms with Gasteiger partial charge in [-0.1, -0.05) is 6.08 Å². The summed E-state index contributed by atoms with van der Waals surface area (Å²) in [4.78, 5) is 25.7. The average molecular weight is 371 g/mol. The lowest BCUT2D eigenvalue weighted by Gasteiger charge is -2.27. The maximum absolute atomic E-state index is 12.3. The quantitative estimate of drug-likeness (QED) is 0.457. The van der Waals surface area contributed by atoms with E-state index in [4.69, 9.17) is 4.74 Å². The number of carbonyl (C=O) groups is 2. The number of amides is 2. The number of nitrogens with one attached hydrogen (secondary N) is 2. The van der Waals surface area contributed by atoms with Crippen molar-refractivity contribution in [2.24, 2.45) is 0 Å². The number of allylic oxidation sites excluding steroid dienone is 1. The number of benzene rings is 1. The van der Waals surface area contributed by atoms with Gasteiger partial charge < -0.3 is 20.3 Å². The number of methoxy groups -OCH3 is 1. The summed E-state index contributed by atoms with van der Waals surface area (Å²) >= 11 is 0. The Bertz CT molecular complexity index is 715. The second kappa shape index (κ2) is 9.80. The first-order valence-electron chi connectivity index (χ1n) is 9.26. The van der Waals surface area contributed by atoms with Gasteiger partial charge in [0, 0.05) is 24.3 Å². The molecule has 0 saturated heterocycles. The van der Waals surface area contributed by atoms with E-state index in [2.05, 4.69) is 17.2 Å². The van der Waals surface area contributed by atoms with Crippen LogP contribution in [0, 0.1) is 0 Å². The van der Waals surface area contributed by atoms with Crippen molar-refractivity contribution < 1.29 is 14.3 Å². The van der Waals surface area contributed by atoms with Crippen LogP contribution in [0.15, 0.2) is 42.7 Å². The van der Waals surface area contributed by atoms with E-state index < -0.39 is 0 Å². The number of anilines is 1. The van der Waals surface area contributed by atoms with Gasteiger partial charge in [-0.25, -0.2) is 0 Å². The van der Waals surface area contributed by atoms with Crippen LogP contribution in [0.1, 0.15) is 48.7 Å². The Morgan fingerprint density at radius 2 is 2.26 bits per heavy atom. The number of nitrogens with zero attached hydrogens (tertiary/aromatic N) is 1. The highest BCUT2D eigenvalue weighted by Crippen LogP contribution is 2.32. The third kappa shape index (κ3) is 4.90. The van der Waals surface area contributed by atoms with E-state index in [-0.39, 0.29) is 18.0 Å². The molecular formula is C21H29N3O3. The first kappa shape index (κ1) is 20.6. The standard InChI is InChI=1S/C21H29N3O3/c1-5-11-22-21(26)16-9-10-18-17(13-16)15(3)24(14-25)12-7-8-19(23-18)20(6-2)27-4/h5-6,9-10,13-15,19,23H,1,7-8,11-12H2,2-4H3,(H,22,26)/b20-6-. The van der Waals surface area contributed by atoms with Gasteiger partial charge in [-0.15, -0.1) is 6.58 Å². The van der Waals surface area contributed by atoms with Crippen LogP contribution in [0.5, 0.6) is 0 Å². The minimum absolute atomic E-state index is 0.0120. The molecule has 27 heavy (non-hydrogen) atoms. The molecule has 1 aliphatic heterocycles. The lowest BCUT2D eigenvalue weighted by molar-refractivity contribution is -0.120. The minimum atomic E-state index is -0.162. The largest absolute Gasteiger partial charge is 0.499 e. The summed E-state index contributed by atoms with van der Waals surface area (Å²) in [6.07, 6.45) is 6.16. The molecule has 0 aliphatic carbocycles. The number of ether oxygens (including phenoxy) is 1. The Hall–Kier alpha value is -2.76. The van der Waals surface area contributed by atoms with Crippen LogP contribution in [0.2, 0.25) is 0 Å². The van der Waals surface area contributed by atoms with Crippen LogP contribution >= 0.6 is 0 Å². The van der Waals surface area contributed by atoms with Crippen molar-refractivity contribution in [2.75, 3.05) is 25.5 Å². The number of fused-ring (bicyclic) bond motifs is 1. The van der Waals surface area contributed by atoms with Crippen molar-refractivity contribution in [2.45, 2.75) is 38.8 Å². The third-order valence-electron chi connectivity index (χ3n) is 4.91. The molecule has 6 nitrogen and oxygen atoms in total. The Morgan fingerprint density at radius 1 is 1.48 bits per heavy atom. The highest BCUT2D eigenvalue weighted by atomic mass is 16.5. The maximum Gasteiger partial charge on any atom is 0.251 e. The molecule has 2 unspecified atom stereocenters. The summed E-state index contributed by atoms with van der Waals surface area (Å²) in [6.45, 7) is 8.60. The molecule has 0 radical (unpaired) electrons. The Balaban J connectivity index is 2.44. The van der Waals surface area contributed by atoms with Gasteiger partial charge in [0.15, 0.2) is 0 Å². The number of hydrogen-bond donors (Lipinski definition) is 2. The summed E-state index contributed by atoms with van der Waals surface area (Å²) < 4.78 is 5.52. The fourth-order valence-electron chi connectivity index (χ4n) is 3.38. The van der Waals surface area contributed by atoms with E-state index in [9.17, 15) is 9.59 Å². The van der Waals surface area contributed by atoms with Crippen molar-refractivity contribution in [3.63, 3.8) is 0 Å². The lowest BCUT2D eigenvalue weighted by atomic mass is 10.0. The number of carbonyl (C=O) groups excluding carboxylic acids is 2. The Kier molecular flexibility index (Phi) is 7.46. The second-order valence-electron chi connectivity index (χ2n) is 6.55. The molecule has 1 aromatic carbocycles. The number of rotatable bonds is 6. The van der Waals surface area contributed by atoms with Gasteiger partial charge >= 0.3 is 0 Å². The topological polar surface area (TPSA) is 70.7 Å². The summed E-state index contributed by atoms with van der Waals surface area (Å²) in [5, 5.41) is 6.33. The molecule has 1 aromatic rings. The summed E-state index contributed by atoms with van der Waals surface area (Å²) in [5.41, 5.74) is 2.37. The van der Waals surface area contributed by atoms with E-state index >= 15 is 0 Å². The first-order valence-corrected chi connectivity index (χ1v) is 9.26. The zero-order valence-corrected chi connectivity index (χ0v) is 16.3. The molecule has 0 saturated carbocycles. The molecule has 2 atom stereocenters. The van der Waals surface area contributed by atoms with E-state index in [1.165, 1.54) is 0 Å². The highest BCUT2D eigenvalue weighted by molar-refractivity contribution is 5.95. The molecular weight excluding hydrogens is 342 g/mol. The fourth-order valence-corrected chi connectivity index (χ4v) is 3.38. The molecule has 0 aromatic heterocycles. The SMILES string of the molecule is C=CCNC(=O)c1ccc2c(c1)C(C)N(C=O)CCCC(/C(=C/C)OC)N2. The molecule has 2 N–H and O–H groups in total. The van der Waals surface area contributed by atoms with Gasteiger partial charge in [-0.3, -0.25) is 9.59 Å². The van der Waals surface area contributed by atoms with Crippen molar-refractivity contribution in [1.82, 2.24) is 10.2 Å². The Labute approximate surface area is 161 Å². The smallest absolute Gasteiger partial charge is 0.251 e. The molecule has 6 heteroatoms. The monoisotopic (exact) mass is 371 g/mol. The van der Waals surface area contributed by atoms with Crippen molar-refractivity contribution in [3.8, 4) is 0 Å². The van der Waals surface area contributed by atoms with Gasteiger partial charge in [0.1, 0.15) is 5.76 Å². The van der Waals surface area contributed by atoms with Gasteiger partial charge in [-0.05, 0) is 56.5 Å². The minimum Gasteiger partial charge on any atom is -0.499 e. The van der Waals surface area contributed by atoms with Crippen molar-refractivity contribution >= 4 is 18.0 Å². The predicted octanol–water partition coefficient (Wildman–Crippen LogP) is 3.25. The van der Waals surface area contributed by atoms with E-state index in [1.807, 2.05) is 32.1 Å². The molecule has 0 spiro atoms. The zero-order valence-electron chi connectivity index (χ0n) is 16.3. The zero-order chi connectivity index (χ0) is 19.8. The van der Waals surface area contributed by atoms with Crippen LogP contribution < -0.4 is 10.6 Å². The van der Waals surface area contributed by atoms with Crippen LogP contribution in [-0.2, 0) is 9.53 Å². The average Bonchev–Trinajstić information content (AvgIpc) is 2.75. The molecule has 0 bridgehead atoms. The molecule has 2 rings (SSSR count). The second-order valence-corrected chi connectivity index (χ2v) is 6.55. The summed E-state index contributed by atoms with van der Waals surface area (Å²) in [5.74, 6) is 0.700. The molecule has 146 valence electrons. The normalized spacial score (nSPS) is 20.3. The number of hydrogen-bond acceptors (Lipinski definition) is 4. The van der Waals surface area contributed by atoms with Crippen LogP contribution in [0.3, 0.4) is 0 Å². The van der Waals surface area contributed by atoms with Crippen LogP contribution in [-0.4, -0.2) is 43.5 Å². The van der Waals surface area contributed by atoms with E-state index in [0.717, 1.165) is 36.3 Å². The predicted molar refractivity (Wildman–Crippen MR) is 108 cm³/mol. The third-order valence-corrected chi connectivity index (χ3v) is 4.91. The summed E-state index contributed by atoms with van der Waals surface area (Å²) in [7, 11) is 1.66. The van der Waals surface area contributed by atoms with Gasteiger partial charge in [-0.2, -0.15) is 0 Å². The first-order chi connectivity index (χ1) is 13.0. The van der Waals surface area contributed by atoms with Gasteiger partial charge in [0.25, 0.3) is 5.91 Å².